The maximum absolute atomic E-state index is 3.77. The zero-order chi connectivity index (χ0) is 10.1. The average molecular weight is 174 g/mol. The summed E-state index contributed by atoms with van der Waals surface area (Å²) in [7, 11) is 0. The normalized spacial score (nSPS) is 13.4. The minimum Gasteiger partial charge on any atom is -0.0991 e. The van der Waals surface area contributed by atoms with Crippen molar-refractivity contribution in [3.05, 3.63) is 60.8 Å². The van der Waals surface area contributed by atoms with Crippen LogP contribution < -0.4 is 0 Å². The van der Waals surface area contributed by atoms with Crippen LogP contribution in [0.25, 0.3) is 0 Å². The number of allylic oxidation sites excluding steroid dienone is 8. The maximum atomic E-state index is 3.77. The molecule has 0 heterocycles. The molecule has 0 aromatic carbocycles. The lowest BCUT2D eigenvalue weighted by Gasteiger charge is -2.00. The standard InChI is InChI=1S/C13H18/c1-5-8-10-13(7-3)11-12(4)9-6-2/h5-10H,2-3,11H2,1,4H3/b8-5-,12-9+,13-10+. The second-order valence-electron chi connectivity index (χ2n) is 2.90. The molecule has 0 N–H and O–H groups in total. The first-order valence-electron chi connectivity index (χ1n) is 4.47. The van der Waals surface area contributed by atoms with Crippen molar-refractivity contribution >= 4 is 0 Å². The van der Waals surface area contributed by atoms with Gasteiger partial charge in [-0.3, -0.25) is 0 Å². The molecule has 0 heteroatoms. The average Bonchev–Trinajstić information content (AvgIpc) is 2.12. The molecule has 0 aromatic rings. The van der Waals surface area contributed by atoms with E-state index in [1.54, 1.807) is 0 Å². The van der Waals surface area contributed by atoms with Crippen LogP contribution in [0.1, 0.15) is 20.3 Å². The lowest BCUT2D eigenvalue weighted by molar-refractivity contribution is 1.15. The van der Waals surface area contributed by atoms with Gasteiger partial charge in [-0.2, -0.15) is 0 Å². The molecule has 0 nitrogen and oxygen atoms in total. The Labute approximate surface area is 81.7 Å². The van der Waals surface area contributed by atoms with E-state index in [4.69, 9.17) is 0 Å². The minimum atomic E-state index is 0.944. The van der Waals surface area contributed by atoms with E-state index in [1.807, 2.05) is 37.3 Å². The molecule has 0 unspecified atom stereocenters. The number of hydrogen-bond acceptors (Lipinski definition) is 0. The van der Waals surface area contributed by atoms with E-state index in [9.17, 15) is 0 Å². The lowest BCUT2D eigenvalue weighted by atomic mass is 10.1. The Morgan fingerprint density at radius 2 is 1.92 bits per heavy atom. The highest BCUT2D eigenvalue weighted by Crippen LogP contribution is 2.11. The van der Waals surface area contributed by atoms with Crippen LogP contribution in [-0.2, 0) is 0 Å². The molecule has 70 valence electrons. The van der Waals surface area contributed by atoms with Gasteiger partial charge in [0.1, 0.15) is 0 Å². The molecule has 0 spiro atoms. The summed E-state index contributed by atoms with van der Waals surface area (Å²) >= 11 is 0. The van der Waals surface area contributed by atoms with Crippen molar-refractivity contribution in [3.63, 3.8) is 0 Å². The van der Waals surface area contributed by atoms with Crippen molar-refractivity contribution in [2.75, 3.05) is 0 Å². The Kier molecular flexibility index (Phi) is 6.62. The van der Waals surface area contributed by atoms with E-state index in [-0.39, 0.29) is 0 Å². The summed E-state index contributed by atoms with van der Waals surface area (Å²) in [5.74, 6) is 0. The van der Waals surface area contributed by atoms with Gasteiger partial charge < -0.3 is 0 Å². The Balaban J connectivity index is 4.37. The molecule has 0 radical (unpaired) electrons. The molecular formula is C13H18. The van der Waals surface area contributed by atoms with Crippen LogP contribution in [0, 0.1) is 0 Å². The molecule has 0 rings (SSSR count). The SMILES string of the molecule is C=C/C=C(\C)C/C(C=C)=C/C=C\C. The summed E-state index contributed by atoms with van der Waals surface area (Å²) in [6.45, 7) is 11.5. The summed E-state index contributed by atoms with van der Waals surface area (Å²) in [6, 6.07) is 0. The molecule has 0 bridgehead atoms. The smallest absolute Gasteiger partial charge is 0.00670 e. The highest BCUT2D eigenvalue weighted by molar-refractivity contribution is 5.27. The predicted molar refractivity (Wildman–Crippen MR) is 61.7 cm³/mol. The highest BCUT2D eigenvalue weighted by atomic mass is 14.0. The summed E-state index contributed by atoms with van der Waals surface area (Å²) < 4.78 is 0. The maximum Gasteiger partial charge on any atom is -0.00670 e. The summed E-state index contributed by atoms with van der Waals surface area (Å²) in [6.07, 6.45) is 12.8. The van der Waals surface area contributed by atoms with Gasteiger partial charge in [0.25, 0.3) is 0 Å². The Morgan fingerprint density at radius 3 is 2.38 bits per heavy atom. The van der Waals surface area contributed by atoms with Crippen LogP contribution in [0.5, 0.6) is 0 Å². The van der Waals surface area contributed by atoms with Crippen molar-refractivity contribution in [2.24, 2.45) is 0 Å². The zero-order valence-corrected chi connectivity index (χ0v) is 8.59. The molecule has 0 amide bonds. The molecule has 0 aliphatic rings. The van der Waals surface area contributed by atoms with E-state index >= 15 is 0 Å². The van der Waals surface area contributed by atoms with Gasteiger partial charge in [-0.25, -0.2) is 0 Å². The van der Waals surface area contributed by atoms with E-state index in [1.165, 1.54) is 11.1 Å². The van der Waals surface area contributed by atoms with Crippen LogP contribution >= 0.6 is 0 Å². The van der Waals surface area contributed by atoms with Crippen molar-refractivity contribution in [3.8, 4) is 0 Å². The first kappa shape index (κ1) is 11.7. The third kappa shape index (κ3) is 5.92. The number of hydrogen-bond donors (Lipinski definition) is 0. The molecule has 0 aliphatic heterocycles. The van der Waals surface area contributed by atoms with Crippen LogP contribution in [0.4, 0.5) is 0 Å². The van der Waals surface area contributed by atoms with Crippen LogP contribution in [-0.4, -0.2) is 0 Å². The predicted octanol–water partition coefficient (Wildman–Crippen LogP) is 4.20. The molecule has 0 aliphatic carbocycles. The molecular weight excluding hydrogens is 156 g/mol. The van der Waals surface area contributed by atoms with Crippen molar-refractivity contribution < 1.29 is 0 Å². The van der Waals surface area contributed by atoms with Gasteiger partial charge in [-0.05, 0) is 25.8 Å². The molecule has 13 heavy (non-hydrogen) atoms. The molecule has 0 atom stereocenters. The van der Waals surface area contributed by atoms with Crippen LogP contribution in [0.15, 0.2) is 60.8 Å². The van der Waals surface area contributed by atoms with Gasteiger partial charge in [0.05, 0.1) is 0 Å². The third-order valence-corrected chi connectivity index (χ3v) is 1.65. The van der Waals surface area contributed by atoms with E-state index in [2.05, 4.69) is 26.2 Å². The second kappa shape index (κ2) is 7.35. The van der Waals surface area contributed by atoms with Gasteiger partial charge in [-0.1, -0.05) is 55.2 Å². The van der Waals surface area contributed by atoms with Crippen molar-refractivity contribution in [1.29, 1.82) is 0 Å². The molecule has 0 saturated carbocycles. The first-order chi connectivity index (χ1) is 6.24. The molecule has 0 fully saturated rings. The van der Waals surface area contributed by atoms with Gasteiger partial charge in [0.2, 0.25) is 0 Å². The second-order valence-corrected chi connectivity index (χ2v) is 2.90. The van der Waals surface area contributed by atoms with Crippen molar-refractivity contribution in [1.82, 2.24) is 0 Å². The van der Waals surface area contributed by atoms with Crippen molar-refractivity contribution in [2.45, 2.75) is 20.3 Å². The number of rotatable bonds is 5. The fraction of sp³-hybridized carbons (Fsp3) is 0.231. The van der Waals surface area contributed by atoms with Gasteiger partial charge in [0, 0.05) is 0 Å². The highest BCUT2D eigenvalue weighted by Gasteiger charge is 1.91. The largest absolute Gasteiger partial charge is 0.0991 e. The third-order valence-electron chi connectivity index (χ3n) is 1.65. The zero-order valence-electron chi connectivity index (χ0n) is 8.59. The van der Waals surface area contributed by atoms with Crippen LogP contribution in [0.3, 0.4) is 0 Å². The van der Waals surface area contributed by atoms with E-state index in [0.29, 0.717) is 0 Å². The van der Waals surface area contributed by atoms with E-state index < -0.39 is 0 Å². The quantitative estimate of drug-likeness (QED) is 0.548. The minimum absolute atomic E-state index is 0.944. The van der Waals surface area contributed by atoms with Crippen LogP contribution in [0.2, 0.25) is 0 Å². The Morgan fingerprint density at radius 1 is 1.23 bits per heavy atom. The Bertz CT molecular complexity index is 249. The van der Waals surface area contributed by atoms with Gasteiger partial charge >= 0.3 is 0 Å². The Hall–Kier alpha value is -1.30. The monoisotopic (exact) mass is 174 g/mol. The fourth-order valence-corrected chi connectivity index (χ4v) is 1.00. The van der Waals surface area contributed by atoms with Gasteiger partial charge in [-0.15, -0.1) is 0 Å². The lowest BCUT2D eigenvalue weighted by Crippen LogP contribution is -1.80. The first-order valence-corrected chi connectivity index (χ1v) is 4.47. The summed E-state index contributed by atoms with van der Waals surface area (Å²) in [4.78, 5) is 0. The molecule has 0 aromatic heterocycles. The summed E-state index contributed by atoms with van der Waals surface area (Å²) in [5, 5.41) is 0. The molecule has 0 saturated heterocycles. The fourth-order valence-electron chi connectivity index (χ4n) is 1.00. The van der Waals surface area contributed by atoms with E-state index in [0.717, 1.165) is 6.42 Å². The van der Waals surface area contributed by atoms with Gasteiger partial charge in [0.15, 0.2) is 0 Å². The summed E-state index contributed by atoms with van der Waals surface area (Å²) in [5.41, 5.74) is 2.53. The topological polar surface area (TPSA) is 0 Å².